The number of ether oxygens (including phenoxy) is 1. The zero-order valence-electron chi connectivity index (χ0n) is 15.8. The number of rotatable bonds is 5. The Morgan fingerprint density at radius 2 is 1.59 bits per heavy atom. The lowest BCUT2D eigenvalue weighted by atomic mass is 9.70. The molecular weight excluding hydrogens is 368 g/mol. The molecule has 0 saturated carbocycles. The smallest absolute Gasteiger partial charge is 0.263 e. The van der Waals surface area contributed by atoms with Gasteiger partial charge in [0.1, 0.15) is 17.7 Å². The molecule has 0 fully saturated rings. The van der Waals surface area contributed by atoms with Crippen LogP contribution in [0.25, 0.3) is 0 Å². The van der Waals surface area contributed by atoms with E-state index in [2.05, 4.69) is 0 Å². The second-order valence-electron chi connectivity index (χ2n) is 6.79. The number of methoxy groups -OCH3 is 1. The molecule has 4 rings (SSSR count). The summed E-state index contributed by atoms with van der Waals surface area (Å²) in [5.74, 6) is -0.319. The number of hydroxylamine groups is 1. The van der Waals surface area contributed by atoms with E-state index < -0.39 is 11.3 Å². The first-order chi connectivity index (χ1) is 14.1. The summed E-state index contributed by atoms with van der Waals surface area (Å²) in [5.41, 5.74) is 3.39. The predicted octanol–water partition coefficient (Wildman–Crippen LogP) is 2.88. The van der Waals surface area contributed by atoms with Gasteiger partial charge in [0.25, 0.3) is 5.91 Å². The van der Waals surface area contributed by atoms with Gasteiger partial charge in [-0.1, -0.05) is 60.7 Å². The predicted molar refractivity (Wildman–Crippen MR) is 108 cm³/mol. The van der Waals surface area contributed by atoms with Gasteiger partial charge in [-0.25, -0.2) is 5.48 Å². The lowest BCUT2D eigenvalue weighted by molar-refractivity contribution is -0.130. The average Bonchev–Trinajstić information content (AvgIpc) is 3.02. The molecule has 0 unspecified atom stereocenters. The maximum Gasteiger partial charge on any atom is 0.263 e. The first-order valence-electron chi connectivity index (χ1n) is 9.17. The number of anilines is 1. The quantitative estimate of drug-likeness (QED) is 0.520. The molecule has 6 heteroatoms. The Balaban J connectivity index is 2.05. The highest BCUT2D eigenvalue weighted by atomic mass is 16.5. The van der Waals surface area contributed by atoms with E-state index in [4.69, 9.17) is 9.94 Å². The minimum absolute atomic E-state index is 0.262. The second-order valence-corrected chi connectivity index (χ2v) is 6.79. The van der Waals surface area contributed by atoms with E-state index in [1.807, 2.05) is 66.7 Å². The van der Waals surface area contributed by atoms with Crippen LogP contribution in [-0.4, -0.2) is 30.7 Å². The van der Waals surface area contributed by atoms with Crippen molar-refractivity contribution < 1.29 is 19.5 Å². The molecule has 146 valence electrons. The van der Waals surface area contributed by atoms with Gasteiger partial charge < -0.3 is 9.64 Å². The lowest BCUT2D eigenvalue weighted by Gasteiger charge is -2.30. The van der Waals surface area contributed by atoms with Crippen molar-refractivity contribution in [3.05, 3.63) is 95.6 Å². The topological polar surface area (TPSA) is 78.9 Å². The van der Waals surface area contributed by atoms with Gasteiger partial charge in [0, 0.05) is 11.3 Å². The molecular formula is C23H20N2O4. The minimum atomic E-state index is -1.14. The molecule has 0 radical (unpaired) electrons. The van der Waals surface area contributed by atoms with Crippen molar-refractivity contribution in [1.82, 2.24) is 5.48 Å². The Morgan fingerprint density at radius 3 is 2.10 bits per heavy atom. The number of hydrogen-bond donors (Lipinski definition) is 2. The number of carbonyl (C=O) groups is 2. The third-order valence-electron chi connectivity index (χ3n) is 5.30. The van der Waals surface area contributed by atoms with E-state index >= 15 is 0 Å². The van der Waals surface area contributed by atoms with Gasteiger partial charge in [-0.15, -0.1) is 0 Å². The first-order valence-corrected chi connectivity index (χ1v) is 9.17. The fourth-order valence-corrected chi connectivity index (χ4v) is 4.04. The van der Waals surface area contributed by atoms with E-state index in [0.29, 0.717) is 11.4 Å². The Bertz CT molecular complexity index is 1010. The molecule has 0 saturated heterocycles. The Hall–Kier alpha value is -3.64. The molecule has 0 bridgehead atoms. The van der Waals surface area contributed by atoms with Crippen LogP contribution in [0, 0.1) is 0 Å². The van der Waals surface area contributed by atoms with Crippen LogP contribution in [0.1, 0.15) is 16.7 Å². The molecule has 3 aromatic rings. The van der Waals surface area contributed by atoms with Crippen molar-refractivity contribution in [3.8, 4) is 5.75 Å². The number of nitrogens with one attached hydrogen (secondary N) is 1. The van der Waals surface area contributed by atoms with Crippen molar-refractivity contribution in [2.75, 3.05) is 18.6 Å². The Morgan fingerprint density at radius 1 is 1.00 bits per heavy atom. The molecule has 3 aromatic carbocycles. The van der Waals surface area contributed by atoms with Crippen molar-refractivity contribution in [2.45, 2.75) is 5.41 Å². The van der Waals surface area contributed by atoms with Crippen molar-refractivity contribution in [1.29, 1.82) is 0 Å². The molecule has 6 nitrogen and oxygen atoms in total. The van der Waals surface area contributed by atoms with Crippen molar-refractivity contribution in [2.24, 2.45) is 0 Å². The zero-order chi connectivity index (χ0) is 20.4. The summed E-state index contributed by atoms with van der Waals surface area (Å²) in [7, 11) is 1.57. The largest absolute Gasteiger partial charge is 0.497 e. The first kappa shape index (κ1) is 18.7. The van der Waals surface area contributed by atoms with Crippen molar-refractivity contribution in [3.63, 3.8) is 0 Å². The zero-order valence-corrected chi connectivity index (χ0v) is 15.8. The summed E-state index contributed by atoms with van der Waals surface area (Å²) in [6.07, 6.45) is 0. The SMILES string of the molecule is COc1ccc2c(c1)C(c1ccccc1)(c1ccccc1)C(=O)N2CC(=O)NO. The molecule has 2 amide bonds. The summed E-state index contributed by atoms with van der Waals surface area (Å²) >= 11 is 0. The number of nitrogens with zero attached hydrogens (tertiary/aromatic N) is 1. The molecule has 1 heterocycles. The molecule has 0 spiro atoms. The van der Waals surface area contributed by atoms with Gasteiger partial charge in [-0.3, -0.25) is 14.8 Å². The maximum atomic E-state index is 14.0. The third-order valence-corrected chi connectivity index (χ3v) is 5.30. The summed E-state index contributed by atoms with van der Waals surface area (Å²) in [4.78, 5) is 27.3. The third kappa shape index (κ3) is 2.85. The lowest BCUT2D eigenvalue weighted by Crippen LogP contribution is -2.45. The van der Waals surface area contributed by atoms with Gasteiger partial charge in [0.2, 0.25) is 5.91 Å². The van der Waals surface area contributed by atoms with Gasteiger partial charge >= 0.3 is 0 Å². The fraction of sp³-hybridized carbons (Fsp3) is 0.130. The maximum absolute atomic E-state index is 14.0. The van der Waals surface area contributed by atoms with Crippen LogP contribution >= 0.6 is 0 Å². The standard InChI is InChI=1S/C23H20N2O4/c1-29-18-12-13-20-19(14-18)23(16-8-4-2-5-9-16,17-10-6-3-7-11-17)22(27)25(20)15-21(26)24-28/h2-14,28H,15H2,1H3,(H,24,26). The average molecular weight is 388 g/mol. The Kier molecular flexibility index (Phi) is 4.78. The highest BCUT2D eigenvalue weighted by Gasteiger charge is 2.53. The van der Waals surface area contributed by atoms with Gasteiger partial charge in [-0.2, -0.15) is 0 Å². The van der Waals surface area contributed by atoms with Crippen LogP contribution < -0.4 is 15.1 Å². The molecule has 1 aliphatic rings. The summed E-state index contributed by atoms with van der Waals surface area (Å²) in [6, 6.07) is 24.3. The van der Waals surface area contributed by atoms with Gasteiger partial charge in [0.15, 0.2) is 0 Å². The van der Waals surface area contributed by atoms with E-state index in [9.17, 15) is 9.59 Å². The molecule has 0 aromatic heterocycles. The molecule has 2 N–H and O–H groups in total. The van der Waals surface area contributed by atoms with Crippen LogP contribution in [0.4, 0.5) is 5.69 Å². The molecule has 0 atom stereocenters. The number of benzene rings is 3. The fourth-order valence-electron chi connectivity index (χ4n) is 4.04. The van der Waals surface area contributed by atoms with Crippen LogP contribution in [0.3, 0.4) is 0 Å². The molecule has 1 aliphatic heterocycles. The van der Waals surface area contributed by atoms with E-state index in [-0.39, 0.29) is 12.5 Å². The molecule has 29 heavy (non-hydrogen) atoms. The van der Waals surface area contributed by atoms with Crippen LogP contribution in [0.2, 0.25) is 0 Å². The Labute approximate surface area is 168 Å². The van der Waals surface area contributed by atoms with Gasteiger partial charge in [0.05, 0.1) is 7.11 Å². The molecule has 0 aliphatic carbocycles. The summed E-state index contributed by atoms with van der Waals surface area (Å²) < 4.78 is 5.43. The highest BCUT2D eigenvalue weighted by Crippen LogP contribution is 2.51. The van der Waals surface area contributed by atoms with E-state index in [1.54, 1.807) is 24.7 Å². The van der Waals surface area contributed by atoms with E-state index in [0.717, 1.165) is 16.7 Å². The summed E-state index contributed by atoms with van der Waals surface area (Å²) in [6.45, 7) is -0.296. The van der Waals surface area contributed by atoms with Crippen LogP contribution in [0.15, 0.2) is 78.9 Å². The number of carbonyl (C=O) groups excluding carboxylic acids is 2. The van der Waals surface area contributed by atoms with Crippen molar-refractivity contribution >= 4 is 17.5 Å². The minimum Gasteiger partial charge on any atom is -0.497 e. The number of fused-ring (bicyclic) bond motifs is 1. The second kappa shape index (κ2) is 7.41. The summed E-state index contributed by atoms with van der Waals surface area (Å²) in [5, 5.41) is 9.02. The normalized spacial score (nSPS) is 14.4. The monoisotopic (exact) mass is 388 g/mol. The van der Waals surface area contributed by atoms with Gasteiger partial charge in [-0.05, 0) is 29.3 Å². The number of amides is 2. The highest BCUT2D eigenvalue weighted by molar-refractivity contribution is 6.15. The van der Waals surface area contributed by atoms with Crippen LogP contribution in [-0.2, 0) is 15.0 Å². The number of hydrogen-bond acceptors (Lipinski definition) is 4. The van der Waals surface area contributed by atoms with E-state index in [1.165, 1.54) is 4.90 Å². The van der Waals surface area contributed by atoms with Crippen LogP contribution in [0.5, 0.6) is 5.75 Å².